The second-order valence-corrected chi connectivity index (χ2v) is 4.25. The Bertz CT molecular complexity index is 625. The minimum absolute atomic E-state index is 0.212. The molecule has 3 N–H and O–H groups in total. The summed E-state index contributed by atoms with van der Waals surface area (Å²) in [6.45, 7) is 1.40. The van der Waals surface area contributed by atoms with Crippen molar-refractivity contribution in [1.29, 1.82) is 0 Å². The first-order valence-corrected chi connectivity index (χ1v) is 5.77. The van der Waals surface area contributed by atoms with E-state index in [-0.39, 0.29) is 16.8 Å². The van der Waals surface area contributed by atoms with Crippen LogP contribution in [-0.4, -0.2) is 16.1 Å². The maximum atomic E-state index is 10.9. The second kappa shape index (κ2) is 5.01. The SMILES string of the molecule is CC(=O)NC(=S)Nc1cccc2cc(O)ccc12. The fourth-order valence-electron chi connectivity index (χ4n) is 1.69. The summed E-state index contributed by atoms with van der Waals surface area (Å²) in [7, 11) is 0. The Morgan fingerprint density at radius 1 is 1.28 bits per heavy atom. The van der Waals surface area contributed by atoms with Crippen LogP contribution >= 0.6 is 12.2 Å². The zero-order chi connectivity index (χ0) is 13.1. The summed E-state index contributed by atoms with van der Waals surface area (Å²) in [5.41, 5.74) is 0.784. The van der Waals surface area contributed by atoms with Gasteiger partial charge >= 0.3 is 0 Å². The van der Waals surface area contributed by atoms with E-state index in [4.69, 9.17) is 12.2 Å². The zero-order valence-corrected chi connectivity index (χ0v) is 10.5. The number of nitrogens with one attached hydrogen (secondary N) is 2. The topological polar surface area (TPSA) is 61.4 Å². The average molecular weight is 260 g/mol. The number of anilines is 1. The van der Waals surface area contributed by atoms with Gasteiger partial charge in [-0.3, -0.25) is 4.79 Å². The Morgan fingerprint density at radius 2 is 2.06 bits per heavy atom. The highest BCUT2D eigenvalue weighted by Crippen LogP contribution is 2.26. The third-order valence-corrected chi connectivity index (χ3v) is 2.61. The number of amides is 1. The minimum Gasteiger partial charge on any atom is -0.508 e. The van der Waals surface area contributed by atoms with Gasteiger partial charge in [-0.25, -0.2) is 0 Å². The third kappa shape index (κ3) is 2.75. The lowest BCUT2D eigenvalue weighted by Gasteiger charge is -2.11. The van der Waals surface area contributed by atoms with Crippen LogP contribution in [0.2, 0.25) is 0 Å². The van der Waals surface area contributed by atoms with Crippen molar-refractivity contribution in [3.05, 3.63) is 36.4 Å². The van der Waals surface area contributed by atoms with Crippen LogP contribution < -0.4 is 10.6 Å². The number of carbonyl (C=O) groups excluding carboxylic acids is 1. The fraction of sp³-hybridized carbons (Fsp3) is 0.0769. The highest BCUT2D eigenvalue weighted by atomic mass is 32.1. The Kier molecular flexibility index (Phi) is 3.43. The van der Waals surface area contributed by atoms with Crippen LogP contribution in [0.1, 0.15) is 6.92 Å². The van der Waals surface area contributed by atoms with Crippen molar-refractivity contribution in [2.75, 3.05) is 5.32 Å². The Hall–Kier alpha value is -2.14. The van der Waals surface area contributed by atoms with Gasteiger partial charge in [0.25, 0.3) is 0 Å². The first-order chi connectivity index (χ1) is 8.56. The molecule has 0 bridgehead atoms. The van der Waals surface area contributed by atoms with E-state index < -0.39 is 0 Å². The van der Waals surface area contributed by atoms with Crippen LogP contribution in [0, 0.1) is 0 Å². The molecule has 0 fully saturated rings. The van der Waals surface area contributed by atoms with E-state index in [2.05, 4.69) is 10.6 Å². The van der Waals surface area contributed by atoms with Crippen molar-refractivity contribution in [2.24, 2.45) is 0 Å². The molecule has 18 heavy (non-hydrogen) atoms. The van der Waals surface area contributed by atoms with Gasteiger partial charge in [0.1, 0.15) is 5.75 Å². The predicted octanol–water partition coefficient (Wildman–Crippen LogP) is 2.38. The summed E-state index contributed by atoms with van der Waals surface area (Å²) in [5.74, 6) is -0.00512. The van der Waals surface area contributed by atoms with Crippen LogP contribution in [-0.2, 0) is 4.79 Å². The molecule has 0 aliphatic rings. The first-order valence-electron chi connectivity index (χ1n) is 5.36. The molecule has 5 heteroatoms. The van der Waals surface area contributed by atoms with Gasteiger partial charge in [-0.05, 0) is 41.9 Å². The predicted molar refractivity (Wildman–Crippen MR) is 75.7 cm³/mol. The van der Waals surface area contributed by atoms with Gasteiger partial charge in [-0.2, -0.15) is 0 Å². The largest absolute Gasteiger partial charge is 0.508 e. The van der Waals surface area contributed by atoms with Crippen LogP contribution in [0.3, 0.4) is 0 Å². The standard InChI is InChI=1S/C13H12N2O2S/c1-8(16)14-13(18)15-12-4-2-3-9-7-10(17)5-6-11(9)12/h2-7,17H,1H3,(H2,14,15,16,18). The molecular weight excluding hydrogens is 248 g/mol. The van der Waals surface area contributed by atoms with Gasteiger partial charge in [-0.15, -0.1) is 0 Å². The van der Waals surface area contributed by atoms with Crippen LogP contribution in [0.5, 0.6) is 5.75 Å². The molecular formula is C13H12N2O2S. The molecule has 0 radical (unpaired) electrons. The van der Waals surface area contributed by atoms with Crippen molar-refractivity contribution >= 4 is 39.7 Å². The van der Waals surface area contributed by atoms with E-state index in [0.29, 0.717) is 0 Å². The highest BCUT2D eigenvalue weighted by molar-refractivity contribution is 7.80. The molecule has 2 rings (SSSR count). The number of benzene rings is 2. The highest BCUT2D eigenvalue weighted by Gasteiger charge is 2.04. The van der Waals surface area contributed by atoms with Crippen molar-refractivity contribution in [3.8, 4) is 5.75 Å². The number of carbonyl (C=O) groups is 1. The van der Waals surface area contributed by atoms with Gasteiger partial charge in [0.2, 0.25) is 5.91 Å². The monoisotopic (exact) mass is 260 g/mol. The molecule has 4 nitrogen and oxygen atoms in total. The molecule has 2 aromatic rings. The van der Waals surface area contributed by atoms with Crippen molar-refractivity contribution < 1.29 is 9.90 Å². The number of phenolic OH excluding ortho intramolecular Hbond substituents is 1. The summed E-state index contributed by atoms with van der Waals surface area (Å²) in [6, 6.07) is 10.7. The maximum absolute atomic E-state index is 10.9. The number of fused-ring (bicyclic) bond motifs is 1. The Balaban J connectivity index is 2.34. The van der Waals surface area contributed by atoms with Crippen molar-refractivity contribution in [2.45, 2.75) is 6.92 Å². The van der Waals surface area contributed by atoms with E-state index in [1.54, 1.807) is 18.2 Å². The van der Waals surface area contributed by atoms with Crippen LogP contribution in [0.15, 0.2) is 36.4 Å². The number of rotatable bonds is 1. The maximum Gasteiger partial charge on any atom is 0.222 e. The smallest absolute Gasteiger partial charge is 0.222 e. The van der Waals surface area contributed by atoms with Gasteiger partial charge < -0.3 is 15.7 Å². The molecule has 2 aromatic carbocycles. The van der Waals surface area contributed by atoms with E-state index in [1.165, 1.54) is 6.92 Å². The molecule has 0 aliphatic carbocycles. The molecule has 0 aliphatic heterocycles. The number of aromatic hydroxyl groups is 1. The lowest BCUT2D eigenvalue weighted by Crippen LogP contribution is -2.32. The summed E-state index contributed by atoms with van der Waals surface area (Å²) >= 11 is 5.01. The number of hydrogen-bond acceptors (Lipinski definition) is 3. The summed E-state index contributed by atoms with van der Waals surface area (Å²) < 4.78 is 0. The summed E-state index contributed by atoms with van der Waals surface area (Å²) in [6.07, 6.45) is 0. The lowest BCUT2D eigenvalue weighted by molar-refractivity contribution is -0.117. The van der Waals surface area contributed by atoms with E-state index >= 15 is 0 Å². The molecule has 1 amide bonds. The second-order valence-electron chi connectivity index (χ2n) is 3.85. The summed E-state index contributed by atoms with van der Waals surface area (Å²) in [4.78, 5) is 10.9. The molecule has 0 saturated carbocycles. The average Bonchev–Trinajstić information content (AvgIpc) is 2.27. The van der Waals surface area contributed by atoms with Gasteiger partial charge in [0.05, 0.1) is 0 Å². The molecule has 0 unspecified atom stereocenters. The molecule has 0 saturated heterocycles. The quantitative estimate of drug-likeness (QED) is 0.689. The Morgan fingerprint density at radius 3 is 2.78 bits per heavy atom. The number of phenols is 1. The van der Waals surface area contributed by atoms with Gasteiger partial charge in [0, 0.05) is 18.0 Å². The van der Waals surface area contributed by atoms with E-state index in [1.807, 2.05) is 18.2 Å². The van der Waals surface area contributed by atoms with Crippen LogP contribution in [0.4, 0.5) is 5.69 Å². The van der Waals surface area contributed by atoms with Crippen molar-refractivity contribution in [1.82, 2.24) is 5.32 Å². The molecule has 0 spiro atoms. The molecule has 0 atom stereocenters. The van der Waals surface area contributed by atoms with Crippen molar-refractivity contribution in [3.63, 3.8) is 0 Å². The van der Waals surface area contributed by atoms with Gasteiger partial charge in [-0.1, -0.05) is 12.1 Å². The lowest BCUT2D eigenvalue weighted by atomic mass is 10.1. The number of thiocarbonyl (C=S) groups is 1. The Labute approximate surface area is 110 Å². The van der Waals surface area contributed by atoms with E-state index in [9.17, 15) is 9.90 Å². The summed E-state index contributed by atoms with van der Waals surface area (Å²) in [5, 5.41) is 16.9. The zero-order valence-electron chi connectivity index (χ0n) is 9.73. The molecule has 0 aromatic heterocycles. The normalized spacial score (nSPS) is 10.1. The van der Waals surface area contributed by atoms with Crippen LogP contribution in [0.25, 0.3) is 10.8 Å². The minimum atomic E-state index is -0.217. The fourth-order valence-corrected chi connectivity index (χ4v) is 1.95. The number of hydrogen-bond donors (Lipinski definition) is 3. The van der Waals surface area contributed by atoms with E-state index in [0.717, 1.165) is 16.5 Å². The molecule has 92 valence electrons. The first kappa shape index (κ1) is 12.3. The molecule has 0 heterocycles. The third-order valence-electron chi connectivity index (χ3n) is 2.40. The van der Waals surface area contributed by atoms with Gasteiger partial charge in [0.15, 0.2) is 5.11 Å².